The molecule has 182 valence electrons. The summed E-state index contributed by atoms with van der Waals surface area (Å²) in [4.78, 5) is 0. The standard InChI is InChI=1S/C37H24N2/c38-25-26-16-19-32(29-14-8-3-9-15-29)37(22-26)39-35-20-17-30(27-10-4-1-5-11-27)23-33(35)34-24-31(18-21-36(34)39)28-12-6-2-7-13-28/h1-24H. The van der Waals surface area contributed by atoms with Crippen LogP contribution in [0.5, 0.6) is 0 Å². The molecule has 0 aliphatic heterocycles. The van der Waals surface area contributed by atoms with Gasteiger partial charge in [-0.15, -0.1) is 0 Å². The topological polar surface area (TPSA) is 28.7 Å². The number of nitrogens with zero attached hydrogens (tertiary/aromatic N) is 2. The molecule has 0 amide bonds. The Labute approximate surface area is 227 Å². The maximum Gasteiger partial charge on any atom is 0.0992 e. The van der Waals surface area contributed by atoms with Crippen molar-refractivity contribution < 1.29 is 0 Å². The third-order valence-corrected chi connectivity index (χ3v) is 7.43. The third-order valence-electron chi connectivity index (χ3n) is 7.43. The molecule has 0 N–H and O–H groups in total. The van der Waals surface area contributed by atoms with Gasteiger partial charge >= 0.3 is 0 Å². The Hall–Kier alpha value is -5.39. The summed E-state index contributed by atoms with van der Waals surface area (Å²) < 4.78 is 2.32. The Bertz CT molecular complexity index is 1900. The zero-order valence-corrected chi connectivity index (χ0v) is 21.3. The number of aromatic nitrogens is 1. The molecule has 0 spiro atoms. The second-order valence-electron chi connectivity index (χ2n) is 9.74. The molecule has 0 radical (unpaired) electrons. The van der Waals surface area contributed by atoms with Gasteiger partial charge in [0.2, 0.25) is 0 Å². The zero-order chi connectivity index (χ0) is 26.2. The van der Waals surface area contributed by atoms with E-state index in [2.05, 4.69) is 126 Å². The van der Waals surface area contributed by atoms with Gasteiger partial charge in [-0.05, 0) is 64.2 Å². The van der Waals surface area contributed by atoms with E-state index < -0.39 is 0 Å². The van der Waals surface area contributed by atoms with Crippen LogP contribution in [0.25, 0.3) is 60.9 Å². The van der Waals surface area contributed by atoms with Gasteiger partial charge in [0.25, 0.3) is 0 Å². The van der Waals surface area contributed by atoms with Crippen molar-refractivity contribution in [2.45, 2.75) is 0 Å². The van der Waals surface area contributed by atoms with Gasteiger partial charge in [-0.1, -0.05) is 109 Å². The second kappa shape index (κ2) is 9.49. The number of nitriles is 1. The van der Waals surface area contributed by atoms with Crippen LogP contribution >= 0.6 is 0 Å². The average molecular weight is 497 g/mol. The number of rotatable bonds is 4. The highest BCUT2D eigenvalue weighted by atomic mass is 15.0. The van der Waals surface area contributed by atoms with E-state index in [0.29, 0.717) is 5.56 Å². The van der Waals surface area contributed by atoms with E-state index in [1.54, 1.807) is 0 Å². The Morgan fingerprint density at radius 3 is 1.41 bits per heavy atom. The maximum absolute atomic E-state index is 9.81. The number of hydrogen-bond donors (Lipinski definition) is 0. The van der Waals surface area contributed by atoms with Crippen molar-refractivity contribution in [3.8, 4) is 45.1 Å². The minimum atomic E-state index is 0.640. The predicted molar refractivity (Wildman–Crippen MR) is 162 cm³/mol. The molecule has 0 aliphatic rings. The summed E-state index contributed by atoms with van der Waals surface area (Å²) >= 11 is 0. The first kappa shape index (κ1) is 22.8. The first-order valence-corrected chi connectivity index (χ1v) is 13.1. The van der Waals surface area contributed by atoms with E-state index >= 15 is 0 Å². The molecule has 0 saturated heterocycles. The van der Waals surface area contributed by atoms with Gasteiger partial charge in [0.15, 0.2) is 0 Å². The van der Waals surface area contributed by atoms with E-state index in [1.165, 1.54) is 33.0 Å². The van der Waals surface area contributed by atoms with Gasteiger partial charge < -0.3 is 4.57 Å². The van der Waals surface area contributed by atoms with Crippen LogP contribution in [0, 0.1) is 11.3 Å². The van der Waals surface area contributed by atoms with Gasteiger partial charge in [-0.2, -0.15) is 5.26 Å². The molecule has 1 aromatic heterocycles. The number of fused-ring (bicyclic) bond motifs is 3. The van der Waals surface area contributed by atoms with E-state index in [0.717, 1.165) is 27.8 Å². The summed E-state index contributed by atoms with van der Waals surface area (Å²) in [5, 5.41) is 12.2. The van der Waals surface area contributed by atoms with Crippen LogP contribution in [0.1, 0.15) is 5.56 Å². The van der Waals surface area contributed by atoms with Crippen LogP contribution in [-0.2, 0) is 0 Å². The van der Waals surface area contributed by atoms with Crippen LogP contribution in [0.4, 0.5) is 0 Å². The molecule has 0 bridgehead atoms. The van der Waals surface area contributed by atoms with Crippen molar-refractivity contribution in [1.29, 1.82) is 5.26 Å². The minimum absolute atomic E-state index is 0.640. The molecule has 1 heterocycles. The molecule has 0 unspecified atom stereocenters. The van der Waals surface area contributed by atoms with Crippen molar-refractivity contribution >= 4 is 21.8 Å². The quantitative estimate of drug-likeness (QED) is 0.238. The Balaban J connectivity index is 1.57. The lowest BCUT2D eigenvalue weighted by Crippen LogP contribution is -1.98. The zero-order valence-electron chi connectivity index (χ0n) is 21.3. The molecule has 7 aromatic rings. The molecule has 7 rings (SSSR count). The van der Waals surface area contributed by atoms with E-state index in [9.17, 15) is 5.26 Å². The van der Waals surface area contributed by atoms with Crippen LogP contribution < -0.4 is 0 Å². The first-order valence-electron chi connectivity index (χ1n) is 13.1. The summed E-state index contributed by atoms with van der Waals surface area (Å²) in [6.07, 6.45) is 0. The maximum atomic E-state index is 9.81. The molecule has 39 heavy (non-hydrogen) atoms. The van der Waals surface area contributed by atoms with Gasteiger partial charge in [-0.3, -0.25) is 0 Å². The minimum Gasteiger partial charge on any atom is -0.309 e. The Morgan fingerprint density at radius 2 is 0.923 bits per heavy atom. The van der Waals surface area contributed by atoms with Crippen molar-refractivity contribution in [2.24, 2.45) is 0 Å². The van der Waals surface area contributed by atoms with E-state index in [4.69, 9.17) is 0 Å². The van der Waals surface area contributed by atoms with Crippen molar-refractivity contribution in [3.05, 3.63) is 151 Å². The molecule has 0 fully saturated rings. The first-order chi connectivity index (χ1) is 19.3. The largest absolute Gasteiger partial charge is 0.309 e. The lowest BCUT2D eigenvalue weighted by molar-refractivity contribution is 1.18. The summed E-state index contributed by atoms with van der Waals surface area (Å²) in [5.41, 5.74) is 10.8. The fraction of sp³-hybridized carbons (Fsp3) is 0. The fourth-order valence-electron chi connectivity index (χ4n) is 5.55. The Kier molecular flexibility index (Phi) is 5.54. The van der Waals surface area contributed by atoms with Crippen LogP contribution in [-0.4, -0.2) is 4.57 Å². The highest BCUT2D eigenvalue weighted by Crippen LogP contribution is 2.39. The van der Waals surface area contributed by atoms with E-state index in [1.807, 2.05) is 30.3 Å². The molecule has 0 aliphatic carbocycles. The molecule has 2 nitrogen and oxygen atoms in total. The van der Waals surface area contributed by atoms with Crippen molar-refractivity contribution in [2.75, 3.05) is 0 Å². The number of benzene rings is 6. The van der Waals surface area contributed by atoms with Crippen LogP contribution in [0.3, 0.4) is 0 Å². The van der Waals surface area contributed by atoms with Gasteiger partial charge in [0, 0.05) is 16.3 Å². The lowest BCUT2D eigenvalue weighted by Gasteiger charge is -2.15. The average Bonchev–Trinajstić information content (AvgIpc) is 3.35. The van der Waals surface area contributed by atoms with Gasteiger partial charge in [-0.25, -0.2) is 0 Å². The third kappa shape index (κ3) is 3.98. The highest BCUT2D eigenvalue weighted by molar-refractivity contribution is 6.12. The lowest BCUT2D eigenvalue weighted by atomic mass is 10.0. The molecule has 2 heteroatoms. The summed E-state index contributed by atoms with van der Waals surface area (Å²) in [5.74, 6) is 0. The number of hydrogen-bond acceptors (Lipinski definition) is 1. The molecule has 0 atom stereocenters. The van der Waals surface area contributed by atoms with Gasteiger partial charge in [0.05, 0.1) is 28.4 Å². The van der Waals surface area contributed by atoms with Crippen LogP contribution in [0.15, 0.2) is 146 Å². The predicted octanol–water partition coefficient (Wildman–Crippen LogP) is 9.66. The highest BCUT2D eigenvalue weighted by Gasteiger charge is 2.18. The molecule has 0 saturated carbocycles. The Morgan fingerprint density at radius 1 is 0.436 bits per heavy atom. The summed E-state index contributed by atoms with van der Waals surface area (Å²) in [7, 11) is 0. The second-order valence-corrected chi connectivity index (χ2v) is 9.74. The fourth-order valence-corrected chi connectivity index (χ4v) is 5.55. The van der Waals surface area contributed by atoms with Crippen LogP contribution in [0.2, 0.25) is 0 Å². The normalized spacial score (nSPS) is 11.1. The van der Waals surface area contributed by atoms with Crippen molar-refractivity contribution in [3.63, 3.8) is 0 Å². The smallest absolute Gasteiger partial charge is 0.0992 e. The summed E-state index contributed by atoms with van der Waals surface area (Å²) in [6.45, 7) is 0. The van der Waals surface area contributed by atoms with E-state index in [-0.39, 0.29) is 0 Å². The summed E-state index contributed by atoms with van der Waals surface area (Å²) in [6, 6.07) is 53.2. The molecular weight excluding hydrogens is 472 g/mol. The van der Waals surface area contributed by atoms with Crippen molar-refractivity contribution in [1.82, 2.24) is 4.57 Å². The molecule has 6 aromatic carbocycles. The monoisotopic (exact) mass is 496 g/mol. The van der Waals surface area contributed by atoms with Gasteiger partial charge in [0.1, 0.15) is 0 Å². The molecular formula is C37H24N2. The SMILES string of the molecule is N#Cc1ccc(-c2ccccc2)c(-n2c3ccc(-c4ccccc4)cc3c3cc(-c4ccccc4)ccc32)c1.